The van der Waals surface area contributed by atoms with E-state index in [1.165, 1.54) is 0 Å². The number of nitrogens with two attached hydrogens (primary N) is 1. The molecule has 0 saturated heterocycles. The van der Waals surface area contributed by atoms with Gasteiger partial charge in [0.15, 0.2) is 0 Å². The summed E-state index contributed by atoms with van der Waals surface area (Å²) in [7, 11) is 0. The number of anilines is 1. The van der Waals surface area contributed by atoms with Crippen molar-refractivity contribution in [2.45, 2.75) is 13.8 Å². The first-order valence-corrected chi connectivity index (χ1v) is 6.63. The van der Waals surface area contributed by atoms with Crippen LogP contribution in [0.2, 0.25) is 10.0 Å². The van der Waals surface area contributed by atoms with Gasteiger partial charge in [-0.05, 0) is 31.5 Å². The normalized spacial score (nSPS) is 10.5. The lowest BCUT2D eigenvalue weighted by Crippen LogP contribution is -1.96. The van der Waals surface area contributed by atoms with E-state index in [1.54, 1.807) is 18.3 Å². The summed E-state index contributed by atoms with van der Waals surface area (Å²) in [6.45, 7) is 4.36. The van der Waals surface area contributed by atoms with Crippen LogP contribution in [0, 0.1) is 6.92 Å². The molecule has 1 aromatic heterocycles. The maximum atomic E-state index is 6.27. The van der Waals surface area contributed by atoms with Crippen molar-refractivity contribution >= 4 is 28.9 Å². The second kappa shape index (κ2) is 5.68. The standard InChI is InChI=1S/C14H14Cl2N2O/c1-3-19-13-6-11(15)10(5-12(13)16)14-8(2)4-9(17)7-18-14/h4-7H,3,17H2,1-2H3. The van der Waals surface area contributed by atoms with E-state index in [4.69, 9.17) is 33.7 Å². The van der Waals surface area contributed by atoms with Gasteiger partial charge in [-0.15, -0.1) is 0 Å². The summed E-state index contributed by atoms with van der Waals surface area (Å²) < 4.78 is 5.40. The first-order chi connectivity index (χ1) is 9.02. The van der Waals surface area contributed by atoms with Crippen LogP contribution in [-0.4, -0.2) is 11.6 Å². The van der Waals surface area contributed by atoms with Crippen LogP contribution in [0.15, 0.2) is 24.4 Å². The zero-order valence-corrected chi connectivity index (χ0v) is 12.2. The Morgan fingerprint density at radius 1 is 1.21 bits per heavy atom. The summed E-state index contributed by atoms with van der Waals surface area (Å²) in [5, 5.41) is 1.06. The molecule has 2 rings (SSSR count). The number of rotatable bonds is 3. The van der Waals surface area contributed by atoms with Crippen molar-refractivity contribution in [2.75, 3.05) is 12.3 Å². The second-order valence-electron chi connectivity index (χ2n) is 4.13. The van der Waals surface area contributed by atoms with E-state index in [1.807, 2.05) is 19.9 Å². The van der Waals surface area contributed by atoms with Crippen molar-refractivity contribution in [2.24, 2.45) is 0 Å². The predicted molar refractivity (Wildman–Crippen MR) is 80.0 cm³/mol. The first kappa shape index (κ1) is 14.0. The van der Waals surface area contributed by atoms with Crippen molar-refractivity contribution in [3.05, 3.63) is 40.0 Å². The van der Waals surface area contributed by atoms with Crippen molar-refractivity contribution in [3.63, 3.8) is 0 Å². The predicted octanol–water partition coefficient (Wildman–Crippen LogP) is 4.34. The van der Waals surface area contributed by atoms with Gasteiger partial charge in [0.2, 0.25) is 0 Å². The lowest BCUT2D eigenvalue weighted by Gasteiger charge is -2.11. The van der Waals surface area contributed by atoms with Gasteiger partial charge in [-0.3, -0.25) is 4.98 Å². The lowest BCUT2D eigenvalue weighted by atomic mass is 10.1. The van der Waals surface area contributed by atoms with Crippen LogP contribution in [0.1, 0.15) is 12.5 Å². The van der Waals surface area contributed by atoms with E-state index in [9.17, 15) is 0 Å². The fourth-order valence-electron chi connectivity index (χ4n) is 1.85. The maximum absolute atomic E-state index is 6.27. The van der Waals surface area contributed by atoms with E-state index >= 15 is 0 Å². The van der Waals surface area contributed by atoms with Crippen molar-refractivity contribution in [3.8, 4) is 17.0 Å². The molecule has 19 heavy (non-hydrogen) atoms. The number of aromatic nitrogens is 1. The van der Waals surface area contributed by atoms with Gasteiger partial charge in [-0.2, -0.15) is 0 Å². The molecule has 0 aliphatic rings. The molecular formula is C14H14Cl2N2O. The molecule has 0 bridgehead atoms. The van der Waals surface area contributed by atoms with Crippen LogP contribution in [-0.2, 0) is 0 Å². The molecule has 5 heteroatoms. The Hall–Kier alpha value is -1.45. The Morgan fingerprint density at radius 2 is 1.95 bits per heavy atom. The zero-order chi connectivity index (χ0) is 14.0. The summed E-state index contributed by atoms with van der Waals surface area (Å²) in [5.74, 6) is 0.575. The SMILES string of the molecule is CCOc1cc(Cl)c(-c2ncc(N)cc2C)cc1Cl. The third-order valence-corrected chi connectivity index (χ3v) is 3.28. The molecule has 0 aliphatic heterocycles. The number of nitrogen functional groups attached to an aromatic ring is 1. The van der Waals surface area contributed by atoms with Gasteiger partial charge in [-0.25, -0.2) is 0 Å². The van der Waals surface area contributed by atoms with Crippen molar-refractivity contribution in [1.29, 1.82) is 0 Å². The highest BCUT2D eigenvalue weighted by Crippen LogP contribution is 2.37. The van der Waals surface area contributed by atoms with Crippen molar-refractivity contribution < 1.29 is 4.74 Å². The molecule has 0 unspecified atom stereocenters. The van der Waals surface area contributed by atoms with Crippen LogP contribution >= 0.6 is 23.2 Å². The summed E-state index contributed by atoms with van der Waals surface area (Å²) in [5.41, 5.74) is 8.80. The average molecular weight is 297 g/mol. The van der Waals surface area contributed by atoms with Gasteiger partial charge in [0.05, 0.1) is 34.2 Å². The monoisotopic (exact) mass is 296 g/mol. The molecule has 100 valence electrons. The summed E-state index contributed by atoms with van der Waals surface area (Å²) >= 11 is 12.5. The number of ether oxygens (including phenoxy) is 1. The number of benzene rings is 1. The fraction of sp³-hybridized carbons (Fsp3) is 0.214. The summed E-state index contributed by atoms with van der Waals surface area (Å²) in [4.78, 5) is 4.32. The summed E-state index contributed by atoms with van der Waals surface area (Å²) in [6, 6.07) is 5.32. The zero-order valence-electron chi connectivity index (χ0n) is 10.7. The number of hydrogen-bond acceptors (Lipinski definition) is 3. The van der Waals surface area contributed by atoms with E-state index in [-0.39, 0.29) is 0 Å². The minimum absolute atomic E-state index is 0.513. The minimum atomic E-state index is 0.513. The van der Waals surface area contributed by atoms with Gasteiger partial charge >= 0.3 is 0 Å². The first-order valence-electron chi connectivity index (χ1n) is 5.87. The Kier molecular flexibility index (Phi) is 4.17. The molecule has 3 nitrogen and oxygen atoms in total. The number of hydrogen-bond donors (Lipinski definition) is 1. The minimum Gasteiger partial charge on any atom is -0.492 e. The quantitative estimate of drug-likeness (QED) is 0.916. The van der Waals surface area contributed by atoms with Crippen molar-refractivity contribution in [1.82, 2.24) is 4.98 Å². The van der Waals surface area contributed by atoms with E-state index < -0.39 is 0 Å². The molecule has 1 heterocycles. The Morgan fingerprint density at radius 3 is 2.58 bits per heavy atom. The lowest BCUT2D eigenvalue weighted by molar-refractivity contribution is 0.340. The van der Waals surface area contributed by atoms with Gasteiger partial charge < -0.3 is 10.5 Å². The van der Waals surface area contributed by atoms with Crippen LogP contribution < -0.4 is 10.5 Å². The number of pyridine rings is 1. The van der Waals surface area contributed by atoms with Gasteiger partial charge in [-0.1, -0.05) is 23.2 Å². The van der Waals surface area contributed by atoms with E-state index in [0.29, 0.717) is 28.1 Å². The average Bonchev–Trinajstić information content (AvgIpc) is 2.34. The smallest absolute Gasteiger partial charge is 0.139 e. The highest BCUT2D eigenvalue weighted by molar-refractivity contribution is 6.36. The van der Waals surface area contributed by atoms with E-state index in [2.05, 4.69) is 4.98 Å². The van der Waals surface area contributed by atoms with E-state index in [0.717, 1.165) is 16.8 Å². The molecule has 0 aliphatic carbocycles. The van der Waals surface area contributed by atoms with Gasteiger partial charge in [0.25, 0.3) is 0 Å². The molecule has 0 saturated carbocycles. The molecular weight excluding hydrogens is 283 g/mol. The molecule has 1 aromatic carbocycles. The molecule has 2 N–H and O–H groups in total. The highest BCUT2D eigenvalue weighted by atomic mass is 35.5. The molecule has 0 amide bonds. The highest BCUT2D eigenvalue weighted by Gasteiger charge is 2.13. The second-order valence-corrected chi connectivity index (χ2v) is 4.94. The Bertz CT molecular complexity index is 615. The maximum Gasteiger partial charge on any atom is 0.139 e. The number of aryl methyl sites for hydroxylation is 1. The third-order valence-electron chi connectivity index (χ3n) is 2.68. The Balaban J connectivity index is 2.53. The molecule has 0 atom stereocenters. The number of halogens is 2. The van der Waals surface area contributed by atoms with Gasteiger partial charge in [0.1, 0.15) is 5.75 Å². The molecule has 2 aromatic rings. The molecule has 0 fully saturated rings. The van der Waals surface area contributed by atoms with Crippen LogP contribution in [0.4, 0.5) is 5.69 Å². The number of nitrogens with zero attached hydrogens (tertiary/aromatic N) is 1. The van der Waals surface area contributed by atoms with Crippen LogP contribution in [0.25, 0.3) is 11.3 Å². The topological polar surface area (TPSA) is 48.1 Å². The third kappa shape index (κ3) is 2.94. The molecule has 0 radical (unpaired) electrons. The summed E-state index contributed by atoms with van der Waals surface area (Å²) in [6.07, 6.45) is 1.60. The van der Waals surface area contributed by atoms with Crippen LogP contribution in [0.3, 0.4) is 0 Å². The van der Waals surface area contributed by atoms with Crippen LogP contribution in [0.5, 0.6) is 5.75 Å². The Labute approximate surface area is 122 Å². The van der Waals surface area contributed by atoms with Gasteiger partial charge in [0, 0.05) is 11.6 Å². The fourth-order valence-corrected chi connectivity index (χ4v) is 2.32. The largest absolute Gasteiger partial charge is 0.492 e. The molecule has 0 spiro atoms.